The second kappa shape index (κ2) is 6.34. The Morgan fingerprint density at radius 2 is 1.89 bits per heavy atom. The third-order valence-corrected chi connectivity index (χ3v) is 5.58. The molecule has 2 heterocycles. The highest BCUT2D eigenvalue weighted by molar-refractivity contribution is 6.48. The van der Waals surface area contributed by atoms with Crippen molar-refractivity contribution < 1.29 is 9.59 Å². The lowest BCUT2D eigenvalue weighted by molar-refractivity contribution is -0.112. The maximum Gasteiger partial charge on any atom is 0.296 e. The second-order valence-electron chi connectivity index (χ2n) is 7.44. The van der Waals surface area contributed by atoms with Crippen molar-refractivity contribution in [2.24, 2.45) is 0 Å². The molecule has 6 nitrogen and oxygen atoms in total. The third-order valence-electron chi connectivity index (χ3n) is 5.58. The lowest BCUT2D eigenvalue weighted by atomic mass is 9.85. The van der Waals surface area contributed by atoms with Gasteiger partial charge in [-0.3, -0.25) is 9.59 Å². The van der Waals surface area contributed by atoms with E-state index in [1.54, 1.807) is 13.0 Å². The molecule has 1 fully saturated rings. The summed E-state index contributed by atoms with van der Waals surface area (Å²) >= 11 is 0. The van der Waals surface area contributed by atoms with Crippen LogP contribution in [0.5, 0.6) is 0 Å². The number of aromatic nitrogens is 3. The van der Waals surface area contributed by atoms with Crippen LogP contribution >= 0.6 is 0 Å². The van der Waals surface area contributed by atoms with Crippen molar-refractivity contribution in [3.05, 3.63) is 59.5 Å². The fraction of sp³-hybridized carbons (Fsp3) is 0.227. The van der Waals surface area contributed by atoms with Crippen LogP contribution in [0.4, 0.5) is 5.69 Å². The molecule has 140 valence electrons. The molecule has 0 bridgehead atoms. The van der Waals surface area contributed by atoms with Crippen molar-refractivity contribution in [1.29, 1.82) is 0 Å². The number of imidazole rings is 1. The molecule has 1 aliphatic carbocycles. The fourth-order valence-corrected chi connectivity index (χ4v) is 3.85. The number of hydrogen-bond donors (Lipinski definition) is 3. The third kappa shape index (κ3) is 2.69. The van der Waals surface area contributed by atoms with Crippen LogP contribution in [-0.2, 0) is 4.79 Å². The number of carbonyl (C=O) groups excluding carboxylic acids is 2. The number of H-pyrrole nitrogens is 2. The SMILES string of the molecule is Cc1[nH]c2ccccc2c1C(=O)C(=O)Nc1ccc2nc(C3CCC3)[nH]c2c1. The largest absolute Gasteiger partial charge is 0.358 e. The Labute approximate surface area is 161 Å². The predicted octanol–water partition coefficient (Wildman–Crippen LogP) is 4.44. The van der Waals surface area contributed by atoms with Crippen LogP contribution in [-0.4, -0.2) is 26.6 Å². The zero-order chi connectivity index (χ0) is 19.3. The first kappa shape index (κ1) is 16.7. The van der Waals surface area contributed by atoms with E-state index >= 15 is 0 Å². The molecule has 0 saturated heterocycles. The van der Waals surface area contributed by atoms with Gasteiger partial charge < -0.3 is 15.3 Å². The molecule has 0 unspecified atom stereocenters. The van der Waals surface area contributed by atoms with Crippen LogP contribution in [0, 0.1) is 6.92 Å². The molecule has 5 rings (SSSR count). The molecule has 0 atom stereocenters. The Balaban J connectivity index is 1.41. The van der Waals surface area contributed by atoms with Crippen LogP contribution in [0.2, 0.25) is 0 Å². The number of carbonyl (C=O) groups is 2. The van der Waals surface area contributed by atoms with Gasteiger partial charge in [0.25, 0.3) is 11.7 Å². The van der Waals surface area contributed by atoms with Crippen molar-refractivity contribution >= 4 is 39.3 Å². The standard InChI is InChI=1S/C22H20N4O2/c1-12-19(15-7-2-3-8-16(15)23-12)20(27)22(28)24-14-9-10-17-18(11-14)26-21(25-17)13-5-4-6-13/h2-3,7-11,13,23H,4-6H2,1H3,(H,24,28)(H,25,26). The van der Waals surface area contributed by atoms with Gasteiger partial charge >= 0.3 is 0 Å². The van der Waals surface area contributed by atoms with Gasteiger partial charge in [0.05, 0.1) is 16.6 Å². The molecule has 1 amide bonds. The molecule has 0 aliphatic heterocycles. The van der Waals surface area contributed by atoms with Gasteiger partial charge in [-0.05, 0) is 44.0 Å². The second-order valence-corrected chi connectivity index (χ2v) is 7.44. The first-order chi connectivity index (χ1) is 13.6. The zero-order valence-corrected chi connectivity index (χ0v) is 15.5. The van der Waals surface area contributed by atoms with E-state index in [2.05, 4.69) is 20.3 Å². The van der Waals surface area contributed by atoms with Crippen LogP contribution in [0.25, 0.3) is 21.9 Å². The van der Waals surface area contributed by atoms with Gasteiger partial charge in [-0.1, -0.05) is 24.6 Å². The quantitative estimate of drug-likeness (QED) is 0.365. The number of aryl methyl sites for hydroxylation is 1. The lowest BCUT2D eigenvalue weighted by Crippen LogP contribution is -2.23. The number of benzene rings is 2. The Kier molecular flexibility index (Phi) is 3.79. The van der Waals surface area contributed by atoms with Crippen molar-refractivity contribution in [3.8, 4) is 0 Å². The minimum atomic E-state index is -0.647. The van der Waals surface area contributed by atoms with E-state index in [-0.39, 0.29) is 0 Å². The number of aromatic amines is 2. The summed E-state index contributed by atoms with van der Waals surface area (Å²) < 4.78 is 0. The maximum atomic E-state index is 12.8. The van der Waals surface area contributed by atoms with Gasteiger partial charge in [0.15, 0.2) is 0 Å². The van der Waals surface area contributed by atoms with Crippen LogP contribution in [0.3, 0.4) is 0 Å². The highest BCUT2D eigenvalue weighted by Crippen LogP contribution is 2.35. The molecule has 3 N–H and O–H groups in total. The summed E-state index contributed by atoms with van der Waals surface area (Å²) in [5, 5.41) is 3.49. The average molecular weight is 372 g/mol. The molecule has 0 spiro atoms. The van der Waals surface area contributed by atoms with Crippen molar-refractivity contribution in [3.63, 3.8) is 0 Å². The highest BCUT2D eigenvalue weighted by Gasteiger charge is 2.24. The van der Waals surface area contributed by atoms with E-state index < -0.39 is 11.7 Å². The fourth-order valence-electron chi connectivity index (χ4n) is 3.85. The molecule has 28 heavy (non-hydrogen) atoms. The Bertz CT molecular complexity index is 1230. The van der Waals surface area contributed by atoms with Gasteiger partial charge in [-0.2, -0.15) is 0 Å². The van der Waals surface area contributed by atoms with E-state index in [4.69, 9.17) is 0 Å². The normalized spacial score (nSPS) is 14.3. The highest BCUT2D eigenvalue weighted by atomic mass is 16.2. The Hall–Kier alpha value is -3.41. The summed E-state index contributed by atoms with van der Waals surface area (Å²) in [6.07, 6.45) is 3.59. The minimum absolute atomic E-state index is 0.419. The van der Waals surface area contributed by atoms with Crippen molar-refractivity contribution in [1.82, 2.24) is 15.0 Å². The Morgan fingerprint density at radius 1 is 1.07 bits per heavy atom. The van der Waals surface area contributed by atoms with Crippen molar-refractivity contribution in [2.45, 2.75) is 32.1 Å². The first-order valence-corrected chi connectivity index (χ1v) is 9.53. The van der Waals surface area contributed by atoms with E-state index in [0.29, 0.717) is 22.9 Å². The summed E-state index contributed by atoms with van der Waals surface area (Å²) in [6.45, 7) is 1.80. The summed E-state index contributed by atoms with van der Waals surface area (Å²) in [5.74, 6) is 0.327. The number of amides is 1. The van der Waals surface area contributed by atoms with Crippen LogP contribution in [0.15, 0.2) is 42.5 Å². The number of rotatable bonds is 4. The molecule has 4 aromatic rings. The van der Waals surface area contributed by atoms with Gasteiger partial charge in [0, 0.05) is 28.2 Å². The molecular formula is C22H20N4O2. The number of fused-ring (bicyclic) bond motifs is 2. The molecule has 0 radical (unpaired) electrons. The van der Waals surface area contributed by atoms with Gasteiger partial charge in [0.1, 0.15) is 5.82 Å². The van der Waals surface area contributed by atoms with E-state index in [0.717, 1.165) is 27.8 Å². The monoisotopic (exact) mass is 372 g/mol. The summed E-state index contributed by atoms with van der Waals surface area (Å²) in [7, 11) is 0. The molecule has 2 aromatic carbocycles. The number of nitrogens with zero attached hydrogens (tertiary/aromatic N) is 1. The molecule has 1 saturated carbocycles. The number of anilines is 1. The average Bonchev–Trinajstić information content (AvgIpc) is 3.18. The smallest absolute Gasteiger partial charge is 0.296 e. The summed E-state index contributed by atoms with van der Waals surface area (Å²) in [4.78, 5) is 36.6. The van der Waals surface area contributed by atoms with E-state index in [1.165, 1.54) is 19.3 Å². The number of para-hydroxylation sites is 1. The van der Waals surface area contributed by atoms with Crippen LogP contribution < -0.4 is 5.32 Å². The molecule has 2 aromatic heterocycles. The molecule has 1 aliphatic rings. The molecule has 6 heteroatoms. The van der Waals surface area contributed by atoms with Gasteiger partial charge in [0.2, 0.25) is 0 Å². The first-order valence-electron chi connectivity index (χ1n) is 9.53. The summed E-state index contributed by atoms with van der Waals surface area (Å²) in [6, 6.07) is 13.0. The number of Topliss-reactive ketones (excluding diaryl/α,β-unsaturated/α-hetero) is 1. The predicted molar refractivity (Wildman–Crippen MR) is 109 cm³/mol. The van der Waals surface area contributed by atoms with Crippen LogP contribution in [0.1, 0.15) is 47.1 Å². The molecular weight excluding hydrogens is 352 g/mol. The maximum absolute atomic E-state index is 12.8. The number of ketones is 1. The van der Waals surface area contributed by atoms with E-state index in [1.807, 2.05) is 36.4 Å². The lowest BCUT2D eigenvalue weighted by Gasteiger charge is -2.22. The summed E-state index contributed by atoms with van der Waals surface area (Å²) in [5.41, 5.74) is 4.28. The van der Waals surface area contributed by atoms with E-state index in [9.17, 15) is 9.59 Å². The van der Waals surface area contributed by atoms with Crippen molar-refractivity contribution in [2.75, 3.05) is 5.32 Å². The Morgan fingerprint density at radius 3 is 2.68 bits per heavy atom. The number of nitrogens with one attached hydrogen (secondary N) is 3. The van der Waals surface area contributed by atoms with Gasteiger partial charge in [-0.25, -0.2) is 4.98 Å². The zero-order valence-electron chi connectivity index (χ0n) is 15.5. The minimum Gasteiger partial charge on any atom is -0.358 e. The topological polar surface area (TPSA) is 90.6 Å². The number of hydrogen-bond acceptors (Lipinski definition) is 3. The van der Waals surface area contributed by atoms with Gasteiger partial charge in [-0.15, -0.1) is 0 Å².